The van der Waals surface area contributed by atoms with Gasteiger partial charge in [-0.3, -0.25) is 9.69 Å². The normalized spacial score (nSPS) is 23.8. The molecule has 2 heterocycles. The zero-order chi connectivity index (χ0) is 18.0. The lowest BCUT2D eigenvalue weighted by atomic mass is 9.83. The SMILES string of the molecule is COC(=O)C=Cc1ccc2c(c1)C(=O)CC1(CCCN(C(C)C)C1)O2. The number of esters is 1. The van der Waals surface area contributed by atoms with Gasteiger partial charge in [0.05, 0.1) is 19.1 Å². The molecule has 1 spiro atoms. The number of carbonyl (C=O) groups is 2. The number of benzene rings is 1. The number of hydrogen-bond donors (Lipinski definition) is 0. The van der Waals surface area contributed by atoms with Crippen molar-refractivity contribution in [3.8, 4) is 5.75 Å². The third kappa shape index (κ3) is 3.76. The molecule has 5 heteroatoms. The van der Waals surface area contributed by atoms with Gasteiger partial charge < -0.3 is 9.47 Å². The van der Waals surface area contributed by atoms with E-state index in [0.29, 0.717) is 23.8 Å². The Morgan fingerprint density at radius 3 is 2.92 bits per heavy atom. The van der Waals surface area contributed by atoms with Gasteiger partial charge in [-0.25, -0.2) is 4.79 Å². The standard InChI is InChI=1S/C20H25NO4/c1-14(2)21-10-4-9-20(13-21)12-17(22)16-11-15(5-7-18(16)25-20)6-8-19(23)24-3/h5-8,11,14H,4,9-10,12-13H2,1-3H3. The van der Waals surface area contributed by atoms with Crippen LogP contribution >= 0.6 is 0 Å². The Bertz CT molecular complexity index is 710. The summed E-state index contributed by atoms with van der Waals surface area (Å²) in [7, 11) is 1.33. The van der Waals surface area contributed by atoms with E-state index < -0.39 is 11.6 Å². The van der Waals surface area contributed by atoms with Crippen LogP contribution in [0.5, 0.6) is 5.75 Å². The minimum absolute atomic E-state index is 0.111. The Kier molecular flexibility index (Phi) is 4.95. The van der Waals surface area contributed by atoms with Gasteiger partial charge in [0.1, 0.15) is 11.4 Å². The van der Waals surface area contributed by atoms with Crippen LogP contribution in [-0.4, -0.2) is 48.5 Å². The smallest absolute Gasteiger partial charge is 0.330 e. The molecule has 1 unspecified atom stereocenters. The zero-order valence-corrected chi connectivity index (χ0v) is 15.1. The summed E-state index contributed by atoms with van der Waals surface area (Å²) in [5.74, 6) is 0.340. The van der Waals surface area contributed by atoms with Crippen LogP contribution in [0.4, 0.5) is 0 Å². The largest absolute Gasteiger partial charge is 0.485 e. The number of fused-ring (bicyclic) bond motifs is 1. The summed E-state index contributed by atoms with van der Waals surface area (Å²) in [5, 5.41) is 0. The van der Waals surface area contributed by atoms with Crippen molar-refractivity contribution in [2.75, 3.05) is 20.2 Å². The van der Waals surface area contributed by atoms with Crippen LogP contribution in [-0.2, 0) is 9.53 Å². The maximum Gasteiger partial charge on any atom is 0.330 e. The Morgan fingerprint density at radius 1 is 1.40 bits per heavy atom. The van der Waals surface area contributed by atoms with Gasteiger partial charge >= 0.3 is 5.97 Å². The van der Waals surface area contributed by atoms with Crippen molar-refractivity contribution >= 4 is 17.8 Å². The van der Waals surface area contributed by atoms with Crippen molar-refractivity contribution in [3.63, 3.8) is 0 Å². The molecule has 1 atom stereocenters. The van der Waals surface area contributed by atoms with E-state index in [2.05, 4.69) is 23.5 Å². The van der Waals surface area contributed by atoms with Crippen molar-refractivity contribution in [1.82, 2.24) is 4.90 Å². The predicted molar refractivity (Wildman–Crippen MR) is 95.7 cm³/mol. The van der Waals surface area contributed by atoms with Crippen LogP contribution < -0.4 is 4.74 Å². The Labute approximate surface area is 148 Å². The molecule has 3 rings (SSSR count). The summed E-state index contributed by atoms with van der Waals surface area (Å²) in [5.41, 5.74) is 0.972. The Balaban J connectivity index is 1.83. The van der Waals surface area contributed by atoms with E-state index in [4.69, 9.17) is 4.74 Å². The second-order valence-electron chi connectivity index (χ2n) is 7.16. The lowest BCUT2D eigenvalue weighted by Gasteiger charge is -2.46. The number of rotatable bonds is 3. The van der Waals surface area contributed by atoms with Crippen LogP contribution in [0.25, 0.3) is 6.08 Å². The van der Waals surface area contributed by atoms with Gasteiger partial charge in [-0.05, 0) is 57.0 Å². The van der Waals surface area contributed by atoms with E-state index in [1.165, 1.54) is 13.2 Å². The van der Waals surface area contributed by atoms with Crippen molar-refractivity contribution in [2.24, 2.45) is 0 Å². The highest BCUT2D eigenvalue weighted by atomic mass is 16.5. The molecule has 5 nitrogen and oxygen atoms in total. The second kappa shape index (κ2) is 7.00. The molecule has 1 fully saturated rings. The average Bonchev–Trinajstić information content (AvgIpc) is 2.59. The first-order chi connectivity index (χ1) is 11.9. The fourth-order valence-corrected chi connectivity index (χ4v) is 3.65. The minimum atomic E-state index is -0.421. The first-order valence-corrected chi connectivity index (χ1v) is 8.79. The van der Waals surface area contributed by atoms with Crippen molar-refractivity contribution in [1.29, 1.82) is 0 Å². The first-order valence-electron chi connectivity index (χ1n) is 8.79. The molecule has 0 radical (unpaired) electrons. The van der Waals surface area contributed by atoms with E-state index in [1.807, 2.05) is 12.1 Å². The van der Waals surface area contributed by atoms with Gasteiger partial charge in [0.15, 0.2) is 5.78 Å². The summed E-state index contributed by atoms with van der Waals surface area (Å²) in [4.78, 5) is 26.4. The quantitative estimate of drug-likeness (QED) is 0.623. The Hall–Kier alpha value is -2.14. The van der Waals surface area contributed by atoms with Gasteiger partial charge in [-0.2, -0.15) is 0 Å². The van der Waals surface area contributed by atoms with Crippen LogP contribution in [0.1, 0.15) is 49.0 Å². The molecular formula is C20H25NO4. The summed E-state index contributed by atoms with van der Waals surface area (Å²) in [6.07, 6.45) is 5.35. The van der Waals surface area contributed by atoms with E-state index >= 15 is 0 Å². The van der Waals surface area contributed by atoms with Gasteiger partial charge in [0.2, 0.25) is 0 Å². The number of hydrogen-bond acceptors (Lipinski definition) is 5. The van der Waals surface area contributed by atoms with Crippen molar-refractivity contribution in [3.05, 3.63) is 35.4 Å². The molecule has 0 aliphatic carbocycles. The van der Waals surface area contributed by atoms with E-state index in [9.17, 15) is 9.59 Å². The lowest BCUT2D eigenvalue weighted by molar-refractivity contribution is -0.134. The fourth-order valence-electron chi connectivity index (χ4n) is 3.65. The monoisotopic (exact) mass is 343 g/mol. The number of nitrogens with zero attached hydrogens (tertiary/aromatic N) is 1. The molecule has 1 aromatic rings. The summed E-state index contributed by atoms with van der Waals surface area (Å²) >= 11 is 0. The molecule has 0 bridgehead atoms. The fraction of sp³-hybridized carbons (Fsp3) is 0.500. The number of piperidine rings is 1. The van der Waals surface area contributed by atoms with E-state index in [1.54, 1.807) is 12.1 Å². The van der Waals surface area contributed by atoms with E-state index in [-0.39, 0.29) is 5.78 Å². The highest BCUT2D eigenvalue weighted by Gasteiger charge is 2.44. The van der Waals surface area contributed by atoms with Gasteiger partial charge in [-0.15, -0.1) is 0 Å². The van der Waals surface area contributed by atoms with Gasteiger partial charge in [-0.1, -0.05) is 6.07 Å². The third-order valence-electron chi connectivity index (χ3n) is 5.03. The molecule has 0 amide bonds. The molecule has 1 saturated heterocycles. The third-order valence-corrected chi connectivity index (χ3v) is 5.03. The van der Waals surface area contributed by atoms with Gasteiger partial charge in [0.25, 0.3) is 0 Å². The highest BCUT2D eigenvalue weighted by molar-refractivity contribution is 6.01. The number of carbonyl (C=O) groups excluding carboxylic acids is 2. The first kappa shape index (κ1) is 17.7. The summed E-state index contributed by atoms with van der Waals surface area (Å²) in [6.45, 7) is 6.20. The summed E-state index contributed by atoms with van der Waals surface area (Å²) in [6, 6.07) is 5.92. The molecule has 2 aliphatic rings. The van der Waals surface area contributed by atoms with Crippen molar-refractivity contribution < 1.29 is 19.1 Å². The maximum absolute atomic E-state index is 12.8. The number of ether oxygens (including phenoxy) is 2. The molecule has 1 aromatic carbocycles. The van der Waals surface area contributed by atoms with Gasteiger partial charge in [0, 0.05) is 18.7 Å². The number of methoxy groups -OCH3 is 1. The lowest BCUT2D eigenvalue weighted by Crippen LogP contribution is -2.56. The number of likely N-dealkylation sites (tertiary alicyclic amines) is 1. The minimum Gasteiger partial charge on any atom is -0.485 e. The zero-order valence-electron chi connectivity index (χ0n) is 15.1. The Morgan fingerprint density at radius 2 is 2.20 bits per heavy atom. The van der Waals surface area contributed by atoms with Crippen molar-refractivity contribution in [2.45, 2.75) is 44.8 Å². The number of Topliss-reactive ketones (excluding diaryl/α,β-unsaturated/α-hetero) is 1. The molecule has 0 aromatic heterocycles. The predicted octanol–water partition coefficient (Wildman–Crippen LogP) is 3.08. The van der Waals surface area contributed by atoms with Crippen LogP contribution in [0.3, 0.4) is 0 Å². The molecule has 25 heavy (non-hydrogen) atoms. The van der Waals surface area contributed by atoms with Crippen LogP contribution in [0, 0.1) is 0 Å². The topological polar surface area (TPSA) is 55.8 Å². The summed E-state index contributed by atoms with van der Waals surface area (Å²) < 4.78 is 10.9. The molecular weight excluding hydrogens is 318 g/mol. The molecule has 134 valence electrons. The number of ketones is 1. The van der Waals surface area contributed by atoms with Crippen LogP contribution in [0.15, 0.2) is 24.3 Å². The molecule has 0 saturated carbocycles. The molecule has 0 N–H and O–H groups in total. The average molecular weight is 343 g/mol. The van der Waals surface area contributed by atoms with Crippen LogP contribution in [0.2, 0.25) is 0 Å². The highest BCUT2D eigenvalue weighted by Crippen LogP contribution is 2.39. The second-order valence-corrected chi connectivity index (χ2v) is 7.16. The maximum atomic E-state index is 12.8. The molecule has 2 aliphatic heterocycles. The van der Waals surface area contributed by atoms with E-state index in [0.717, 1.165) is 31.5 Å².